The molecule has 1 heterocycles. The van der Waals surface area contributed by atoms with Gasteiger partial charge in [0, 0.05) is 23.5 Å². The maximum Gasteiger partial charge on any atom is 0.138 e. The van der Waals surface area contributed by atoms with Crippen LogP contribution in [0.4, 0.5) is 0 Å². The third-order valence-corrected chi connectivity index (χ3v) is 3.62. The van der Waals surface area contributed by atoms with Crippen molar-refractivity contribution >= 4 is 11.6 Å². The molecule has 0 amide bonds. The summed E-state index contributed by atoms with van der Waals surface area (Å²) in [7, 11) is 1.98. The average molecular weight is 293 g/mol. The van der Waals surface area contributed by atoms with Gasteiger partial charge < -0.3 is 5.32 Å². The number of nitrogens with one attached hydrogen (secondary N) is 1. The lowest BCUT2D eigenvalue weighted by molar-refractivity contribution is 0.470. The summed E-state index contributed by atoms with van der Waals surface area (Å²) in [5.41, 5.74) is 1.27. The van der Waals surface area contributed by atoms with Gasteiger partial charge in [-0.05, 0) is 45.0 Å². The molecule has 0 saturated heterocycles. The predicted molar refractivity (Wildman–Crippen MR) is 82.1 cm³/mol. The largest absolute Gasteiger partial charge is 0.316 e. The van der Waals surface area contributed by atoms with Gasteiger partial charge in [-0.2, -0.15) is 5.10 Å². The highest BCUT2D eigenvalue weighted by Crippen LogP contribution is 2.13. The molecule has 0 aliphatic carbocycles. The molecule has 0 aliphatic rings. The molecule has 1 N–H and O–H groups in total. The number of nitrogens with zero attached hydrogens (tertiary/aromatic N) is 3. The topological polar surface area (TPSA) is 42.7 Å². The lowest BCUT2D eigenvalue weighted by Crippen LogP contribution is -2.31. The molecule has 1 unspecified atom stereocenters. The van der Waals surface area contributed by atoms with Gasteiger partial charge in [0.25, 0.3) is 0 Å². The first-order valence-electron chi connectivity index (χ1n) is 6.90. The first kappa shape index (κ1) is 15.0. The summed E-state index contributed by atoms with van der Waals surface area (Å²) in [5, 5.41) is 8.41. The van der Waals surface area contributed by atoms with Crippen LogP contribution in [0.3, 0.4) is 0 Å². The summed E-state index contributed by atoms with van der Waals surface area (Å²) >= 11 is 5.92. The van der Waals surface area contributed by atoms with Crippen LogP contribution >= 0.6 is 11.6 Å². The van der Waals surface area contributed by atoms with Gasteiger partial charge in [-0.1, -0.05) is 23.7 Å². The van der Waals surface area contributed by atoms with Crippen LogP contribution in [0.15, 0.2) is 30.6 Å². The normalized spacial score (nSPS) is 12.8. The van der Waals surface area contributed by atoms with Crippen molar-refractivity contribution in [2.24, 2.45) is 0 Å². The Hall–Kier alpha value is -1.39. The summed E-state index contributed by atoms with van der Waals surface area (Å²) < 4.78 is 1.98. The van der Waals surface area contributed by atoms with Gasteiger partial charge in [-0.3, -0.25) is 0 Å². The Labute approximate surface area is 125 Å². The van der Waals surface area contributed by atoms with Crippen molar-refractivity contribution in [2.75, 3.05) is 7.05 Å². The van der Waals surface area contributed by atoms with Crippen LogP contribution < -0.4 is 5.32 Å². The maximum absolute atomic E-state index is 5.92. The number of hydrogen-bond donors (Lipinski definition) is 1. The van der Waals surface area contributed by atoms with Gasteiger partial charge in [0.1, 0.15) is 12.2 Å². The van der Waals surface area contributed by atoms with Crippen molar-refractivity contribution in [2.45, 2.75) is 38.8 Å². The first-order chi connectivity index (χ1) is 9.60. The fourth-order valence-corrected chi connectivity index (χ4v) is 2.38. The zero-order valence-corrected chi connectivity index (χ0v) is 12.9. The highest BCUT2D eigenvalue weighted by molar-refractivity contribution is 6.30. The lowest BCUT2D eigenvalue weighted by atomic mass is 10.0. The van der Waals surface area contributed by atoms with Crippen molar-refractivity contribution < 1.29 is 0 Å². The number of benzene rings is 1. The van der Waals surface area contributed by atoms with E-state index in [0.717, 1.165) is 23.7 Å². The van der Waals surface area contributed by atoms with Crippen molar-refractivity contribution in [1.82, 2.24) is 20.1 Å². The van der Waals surface area contributed by atoms with E-state index in [1.165, 1.54) is 5.56 Å². The summed E-state index contributed by atoms with van der Waals surface area (Å²) in [6, 6.07) is 8.67. The standard InChI is InChI=1S/C15H21ClN4/c1-11(2)20-15(18-10-19-20)9-14(17-3)8-12-4-6-13(16)7-5-12/h4-7,10-11,14,17H,8-9H2,1-3H3. The molecule has 4 nitrogen and oxygen atoms in total. The van der Waals surface area contributed by atoms with Crippen LogP contribution in [0.5, 0.6) is 0 Å². The zero-order valence-electron chi connectivity index (χ0n) is 12.2. The quantitative estimate of drug-likeness (QED) is 0.890. The molecule has 2 aromatic rings. The molecule has 0 bridgehead atoms. The highest BCUT2D eigenvalue weighted by atomic mass is 35.5. The molecule has 0 aliphatic heterocycles. The third kappa shape index (κ3) is 3.81. The van der Waals surface area contributed by atoms with Crippen LogP contribution in [0.2, 0.25) is 5.02 Å². The fraction of sp³-hybridized carbons (Fsp3) is 0.467. The van der Waals surface area contributed by atoms with Crippen LogP contribution in [-0.4, -0.2) is 27.9 Å². The molecule has 1 aromatic heterocycles. The molecule has 0 radical (unpaired) electrons. The highest BCUT2D eigenvalue weighted by Gasteiger charge is 2.14. The van der Waals surface area contributed by atoms with Crippen molar-refractivity contribution in [3.63, 3.8) is 0 Å². The van der Waals surface area contributed by atoms with Crippen LogP contribution in [0, 0.1) is 0 Å². The Kier molecular flexibility index (Phi) is 5.15. The first-order valence-corrected chi connectivity index (χ1v) is 7.28. The van der Waals surface area contributed by atoms with Crippen molar-refractivity contribution in [3.05, 3.63) is 47.0 Å². The van der Waals surface area contributed by atoms with Crippen LogP contribution in [0.25, 0.3) is 0 Å². The molecule has 1 atom stereocenters. The lowest BCUT2D eigenvalue weighted by Gasteiger charge is -2.17. The third-order valence-electron chi connectivity index (χ3n) is 3.37. The maximum atomic E-state index is 5.92. The molecular formula is C15H21ClN4. The van der Waals surface area contributed by atoms with E-state index < -0.39 is 0 Å². The SMILES string of the molecule is CNC(Cc1ccc(Cl)cc1)Cc1ncnn1C(C)C. The second kappa shape index (κ2) is 6.86. The second-order valence-electron chi connectivity index (χ2n) is 5.23. The van der Waals surface area contributed by atoms with E-state index in [9.17, 15) is 0 Å². The van der Waals surface area contributed by atoms with E-state index in [2.05, 4.69) is 41.4 Å². The molecule has 0 saturated carbocycles. The molecule has 0 spiro atoms. The van der Waals surface area contributed by atoms with Gasteiger partial charge in [-0.25, -0.2) is 9.67 Å². The zero-order chi connectivity index (χ0) is 14.5. The molecule has 2 rings (SSSR count). The summed E-state index contributed by atoms with van der Waals surface area (Å²) in [5.74, 6) is 1.02. The second-order valence-corrected chi connectivity index (χ2v) is 5.67. The van der Waals surface area contributed by atoms with E-state index in [-0.39, 0.29) is 0 Å². The van der Waals surface area contributed by atoms with Crippen molar-refractivity contribution in [3.8, 4) is 0 Å². The minimum atomic E-state index is 0.331. The minimum Gasteiger partial charge on any atom is -0.316 e. The molecule has 108 valence electrons. The molecule has 1 aromatic carbocycles. The van der Waals surface area contributed by atoms with Gasteiger partial charge in [0.15, 0.2) is 0 Å². The Bertz CT molecular complexity index is 533. The number of halogens is 1. The van der Waals surface area contributed by atoms with Gasteiger partial charge in [-0.15, -0.1) is 0 Å². The molecular weight excluding hydrogens is 272 g/mol. The minimum absolute atomic E-state index is 0.331. The molecule has 5 heteroatoms. The van der Waals surface area contributed by atoms with Crippen molar-refractivity contribution in [1.29, 1.82) is 0 Å². The average Bonchev–Trinajstić information content (AvgIpc) is 2.88. The Balaban J connectivity index is 2.05. The summed E-state index contributed by atoms with van der Waals surface area (Å²) in [4.78, 5) is 4.37. The van der Waals surface area contributed by atoms with Gasteiger partial charge >= 0.3 is 0 Å². The van der Waals surface area contributed by atoms with Gasteiger partial charge in [0.2, 0.25) is 0 Å². The predicted octanol–water partition coefficient (Wildman–Crippen LogP) is 2.89. The van der Waals surface area contributed by atoms with E-state index in [0.29, 0.717) is 12.1 Å². The fourth-order valence-electron chi connectivity index (χ4n) is 2.25. The van der Waals surface area contributed by atoms with E-state index in [4.69, 9.17) is 11.6 Å². The van der Waals surface area contributed by atoms with Gasteiger partial charge in [0.05, 0.1) is 0 Å². The summed E-state index contributed by atoms with van der Waals surface area (Å²) in [6.07, 6.45) is 3.43. The van der Waals surface area contributed by atoms with E-state index in [1.54, 1.807) is 6.33 Å². The number of likely N-dealkylation sites (N-methyl/N-ethyl adjacent to an activating group) is 1. The van der Waals surface area contributed by atoms with E-state index >= 15 is 0 Å². The monoisotopic (exact) mass is 292 g/mol. The Morgan fingerprint density at radius 3 is 2.50 bits per heavy atom. The number of rotatable bonds is 6. The van der Waals surface area contributed by atoms with Crippen LogP contribution in [0.1, 0.15) is 31.3 Å². The Morgan fingerprint density at radius 2 is 1.90 bits per heavy atom. The number of hydrogen-bond acceptors (Lipinski definition) is 3. The van der Waals surface area contributed by atoms with E-state index in [1.807, 2.05) is 23.9 Å². The van der Waals surface area contributed by atoms with Crippen LogP contribution in [-0.2, 0) is 12.8 Å². The molecule has 0 fully saturated rings. The summed E-state index contributed by atoms with van der Waals surface area (Å²) in [6.45, 7) is 4.23. The number of aromatic nitrogens is 3. The smallest absolute Gasteiger partial charge is 0.138 e. The Morgan fingerprint density at radius 1 is 1.20 bits per heavy atom. The molecule has 20 heavy (non-hydrogen) atoms.